The second-order valence-corrected chi connectivity index (χ2v) is 9.53. The summed E-state index contributed by atoms with van der Waals surface area (Å²) in [6, 6.07) is 3.97. The Hall–Kier alpha value is -1.51. The second kappa shape index (κ2) is 9.12. The number of halogens is 1. The van der Waals surface area contributed by atoms with Crippen LogP contribution >= 0.6 is 0 Å². The molecule has 0 radical (unpaired) electrons. The lowest BCUT2D eigenvalue weighted by Gasteiger charge is -2.36. The molecule has 1 heterocycles. The van der Waals surface area contributed by atoms with Crippen molar-refractivity contribution in [1.29, 1.82) is 0 Å². The van der Waals surface area contributed by atoms with Gasteiger partial charge in [-0.1, -0.05) is 26.0 Å². The molecule has 0 aromatic heterocycles. The fourth-order valence-electron chi connectivity index (χ4n) is 3.75. The number of piperidine rings is 1. The number of hydrogen-bond acceptors (Lipinski definition) is 4. The predicted octanol–water partition coefficient (Wildman–Crippen LogP) is 1.98. The van der Waals surface area contributed by atoms with Gasteiger partial charge in [0.2, 0.25) is 15.9 Å². The molecule has 0 bridgehead atoms. The minimum absolute atomic E-state index is 0.115. The maximum atomic E-state index is 13.7. The van der Waals surface area contributed by atoms with Gasteiger partial charge in [-0.05, 0) is 44.2 Å². The lowest BCUT2D eigenvalue weighted by molar-refractivity contribution is -0.123. The highest BCUT2D eigenvalue weighted by Crippen LogP contribution is 2.20. The molecule has 4 atom stereocenters. The van der Waals surface area contributed by atoms with Crippen LogP contribution in [0.2, 0.25) is 0 Å². The predicted molar refractivity (Wildman–Crippen MR) is 103 cm³/mol. The van der Waals surface area contributed by atoms with Crippen molar-refractivity contribution >= 4 is 15.9 Å². The quantitative estimate of drug-likeness (QED) is 0.735. The largest absolute Gasteiger partial charge is 0.351 e. The van der Waals surface area contributed by atoms with Crippen LogP contribution in [0.4, 0.5) is 4.39 Å². The average Bonchev–Trinajstić information content (AvgIpc) is 2.53. The molecule has 6 nitrogen and oxygen atoms in total. The van der Waals surface area contributed by atoms with Crippen molar-refractivity contribution in [2.75, 3.05) is 19.6 Å². The van der Waals surface area contributed by atoms with Gasteiger partial charge in [-0.3, -0.25) is 4.79 Å². The molecule has 1 amide bonds. The van der Waals surface area contributed by atoms with Crippen molar-refractivity contribution < 1.29 is 17.6 Å². The molecule has 1 aromatic rings. The first-order valence-corrected chi connectivity index (χ1v) is 10.9. The molecule has 1 aliphatic heterocycles. The minimum atomic E-state index is -4.11. The molecule has 0 aliphatic carbocycles. The molecular formula is C19H30FN3O3S. The van der Waals surface area contributed by atoms with E-state index in [1.54, 1.807) is 0 Å². The fourth-order valence-corrected chi connectivity index (χ4v) is 5.04. The number of carbonyl (C=O) groups is 1. The molecule has 2 rings (SSSR count). The average molecular weight is 400 g/mol. The third kappa shape index (κ3) is 6.26. The Bertz CT molecular complexity index is 746. The number of sulfonamides is 1. The van der Waals surface area contributed by atoms with Gasteiger partial charge < -0.3 is 10.2 Å². The minimum Gasteiger partial charge on any atom is -0.351 e. The van der Waals surface area contributed by atoms with Crippen LogP contribution in [-0.2, 0) is 14.8 Å². The van der Waals surface area contributed by atoms with Gasteiger partial charge in [0.05, 0.1) is 6.04 Å². The number of rotatable bonds is 7. The third-order valence-electron chi connectivity index (χ3n) is 4.72. The van der Waals surface area contributed by atoms with Gasteiger partial charge in [0.1, 0.15) is 10.7 Å². The Kier molecular flexibility index (Phi) is 7.36. The molecule has 1 aromatic carbocycles. The van der Waals surface area contributed by atoms with Crippen molar-refractivity contribution in [2.24, 2.45) is 11.8 Å². The Morgan fingerprint density at radius 3 is 2.41 bits per heavy atom. The molecule has 0 saturated carbocycles. The lowest BCUT2D eigenvalue weighted by Crippen LogP contribution is -2.51. The normalized spacial score (nSPS) is 23.6. The molecule has 2 N–H and O–H groups in total. The summed E-state index contributed by atoms with van der Waals surface area (Å²) in [7, 11) is -4.11. The van der Waals surface area contributed by atoms with Crippen LogP contribution in [0.15, 0.2) is 29.2 Å². The van der Waals surface area contributed by atoms with Crippen LogP contribution < -0.4 is 10.0 Å². The molecule has 8 heteroatoms. The highest BCUT2D eigenvalue weighted by Gasteiger charge is 2.27. The summed E-state index contributed by atoms with van der Waals surface area (Å²) in [5.74, 6) is -0.0221. The van der Waals surface area contributed by atoms with Gasteiger partial charge in [-0.2, -0.15) is 4.72 Å². The van der Waals surface area contributed by atoms with E-state index in [1.807, 2.05) is 6.92 Å². The summed E-state index contributed by atoms with van der Waals surface area (Å²) in [4.78, 5) is 14.2. The van der Waals surface area contributed by atoms with Crippen LogP contribution in [0.1, 0.15) is 34.1 Å². The third-order valence-corrected chi connectivity index (χ3v) is 6.29. The lowest BCUT2D eigenvalue weighted by atomic mass is 9.92. The number of likely N-dealkylation sites (tertiary alicyclic amines) is 1. The van der Waals surface area contributed by atoms with Crippen LogP contribution in [0.25, 0.3) is 0 Å². The van der Waals surface area contributed by atoms with Crippen molar-refractivity contribution in [2.45, 2.75) is 51.1 Å². The maximum Gasteiger partial charge on any atom is 0.244 e. The number of benzene rings is 1. The summed E-state index contributed by atoms with van der Waals surface area (Å²) in [6.07, 6.45) is 1.21. The van der Waals surface area contributed by atoms with Crippen LogP contribution in [0.5, 0.6) is 0 Å². The van der Waals surface area contributed by atoms with Crippen LogP contribution in [0.3, 0.4) is 0 Å². The molecule has 152 valence electrons. The first kappa shape index (κ1) is 21.8. The van der Waals surface area contributed by atoms with E-state index in [0.29, 0.717) is 18.4 Å². The van der Waals surface area contributed by atoms with E-state index in [9.17, 15) is 17.6 Å². The standard InChI is InChI=1S/C19H30FN3O3S/c1-13-9-14(2)11-23(10-13)12-15(3)21-19(24)16(4)22-27(25,26)18-8-6-5-7-17(18)20/h5-8,13-16,22H,9-12H2,1-4H3,(H,21,24)/t13?,14?,15?,16-/m0/s1. The van der Waals surface area contributed by atoms with E-state index >= 15 is 0 Å². The highest BCUT2D eigenvalue weighted by molar-refractivity contribution is 7.89. The van der Waals surface area contributed by atoms with Crippen molar-refractivity contribution in [3.05, 3.63) is 30.1 Å². The zero-order chi connectivity index (χ0) is 20.2. The zero-order valence-corrected chi connectivity index (χ0v) is 17.2. The molecule has 1 fully saturated rings. The monoisotopic (exact) mass is 399 g/mol. The molecule has 1 saturated heterocycles. The molecule has 3 unspecified atom stereocenters. The number of nitrogens with one attached hydrogen (secondary N) is 2. The SMILES string of the molecule is CC1CC(C)CN(CC(C)NC(=O)[C@H](C)NS(=O)(=O)c2ccccc2F)C1. The van der Waals surface area contributed by atoms with Crippen LogP contribution in [0, 0.1) is 17.7 Å². The van der Waals surface area contributed by atoms with Gasteiger partial charge in [0.15, 0.2) is 0 Å². The summed E-state index contributed by atoms with van der Waals surface area (Å²) in [5.41, 5.74) is 0. The van der Waals surface area contributed by atoms with E-state index < -0.39 is 32.7 Å². The number of amides is 1. The topological polar surface area (TPSA) is 78.5 Å². The first-order chi connectivity index (χ1) is 12.6. The molecular weight excluding hydrogens is 369 g/mol. The maximum absolute atomic E-state index is 13.7. The Morgan fingerprint density at radius 1 is 1.22 bits per heavy atom. The van der Waals surface area contributed by atoms with Crippen LogP contribution in [-0.4, -0.2) is 50.9 Å². The summed E-state index contributed by atoms with van der Waals surface area (Å²) < 4.78 is 40.6. The smallest absolute Gasteiger partial charge is 0.244 e. The number of nitrogens with zero attached hydrogens (tertiary/aromatic N) is 1. The fraction of sp³-hybridized carbons (Fsp3) is 0.632. The molecule has 0 spiro atoms. The van der Waals surface area contributed by atoms with E-state index in [4.69, 9.17) is 0 Å². The first-order valence-electron chi connectivity index (χ1n) is 9.38. The Labute approximate surface area is 161 Å². The van der Waals surface area contributed by atoms with E-state index in [-0.39, 0.29) is 6.04 Å². The van der Waals surface area contributed by atoms with Gasteiger partial charge in [-0.15, -0.1) is 0 Å². The van der Waals surface area contributed by atoms with Gasteiger partial charge in [0.25, 0.3) is 0 Å². The van der Waals surface area contributed by atoms with Gasteiger partial charge >= 0.3 is 0 Å². The number of hydrogen-bond donors (Lipinski definition) is 2. The van der Waals surface area contributed by atoms with Crippen molar-refractivity contribution in [1.82, 2.24) is 14.9 Å². The summed E-state index contributed by atoms with van der Waals surface area (Å²) >= 11 is 0. The van der Waals surface area contributed by atoms with Gasteiger partial charge in [0, 0.05) is 25.7 Å². The summed E-state index contributed by atoms with van der Waals surface area (Å²) in [5, 5.41) is 2.84. The van der Waals surface area contributed by atoms with Crippen molar-refractivity contribution in [3.8, 4) is 0 Å². The van der Waals surface area contributed by atoms with Gasteiger partial charge in [-0.25, -0.2) is 12.8 Å². The summed E-state index contributed by atoms with van der Waals surface area (Å²) in [6.45, 7) is 10.5. The Morgan fingerprint density at radius 2 is 1.81 bits per heavy atom. The van der Waals surface area contributed by atoms with E-state index in [2.05, 4.69) is 28.8 Å². The highest BCUT2D eigenvalue weighted by atomic mass is 32.2. The Balaban J connectivity index is 1.90. The zero-order valence-electron chi connectivity index (χ0n) is 16.4. The molecule has 27 heavy (non-hydrogen) atoms. The molecule has 1 aliphatic rings. The number of carbonyl (C=O) groups excluding carboxylic acids is 1. The second-order valence-electron chi connectivity index (χ2n) is 7.85. The van der Waals surface area contributed by atoms with E-state index in [0.717, 1.165) is 19.2 Å². The van der Waals surface area contributed by atoms with Crippen molar-refractivity contribution in [3.63, 3.8) is 0 Å². The van der Waals surface area contributed by atoms with E-state index in [1.165, 1.54) is 31.5 Å².